The number of fused-ring (bicyclic) bond motifs is 1. The summed E-state index contributed by atoms with van der Waals surface area (Å²) in [6, 6.07) is 5.94. The molecule has 2 aromatic heterocycles. The van der Waals surface area contributed by atoms with Gasteiger partial charge >= 0.3 is 0 Å². The highest BCUT2D eigenvalue weighted by molar-refractivity contribution is 7.16. The van der Waals surface area contributed by atoms with Gasteiger partial charge in [0.25, 0.3) is 0 Å². The van der Waals surface area contributed by atoms with E-state index in [0.29, 0.717) is 49.5 Å². The van der Waals surface area contributed by atoms with Crippen LogP contribution in [-0.4, -0.2) is 34.8 Å². The lowest BCUT2D eigenvalue weighted by molar-refractivity contribution is -0.131. The number of allylic oxidation sites excluding steroid dienone is 2. The van der Waals surface area contributed by atoms with Gasteiger partial charge < -0.3 is 15.0 Å². The summed E-state index contributed by atoms with van der Waals surface area (Å²) in [4.78, 5) is 31.9. The minimum atomic E-state index is -0.154. The molecule has 0 fully saturated rings. The molecule has 0 saturated heterocycles. The molecule has 31 heavy (non-hydrogen) atoms. The van der Waals surface area contributed by atoms with Crippen molar-refractivity contribution in [3.63, 3.8) is 0 Å². The van der Waals surface area contributed by atoms with Crippen LogP contribution in [0.4, 0.5) is 5.00 Å². The molecule has 1 aliphatic rings. The number of nitrogens with one attached hydrogen (secondary N) is 1. The zero-order valence-electron chi connectivity index (χ0n) is 17.8. The van der Waals surface area contributed by atoms with Crippen molar-refractivity contribution < 1.29 is 14.3 Å². The number of nitrogens with zero attached hydrogens (tertiary/aromatic N) is 3. The molecule has 2 aromatic rings. The molecule has 0 saturated carbocycles. The largest absolute Gasteiger partial charge is 0.499 e. The molecule has 162 valence electrons. The normalized spacial score (nSPS) is 13.3. The fraction of sp³-hybridized carbons (Fsp3) is 0.391. The van der Waals surface area contributed by atoms with E-state index in [-0.39, 0.29) is 18.2 Å². The number of carbonyl (C=O) groups is 2. The summed E-state index contributed by atoms with van der Waals surface area (Å²) in [6.07, 6.45) is 6.95. The lowest BCUT2D eigenvalue weighted by Crippen LogP contribution is -2.36. The monoisotopic (exact) mass is 438 g/mol. The Labute approximate surface area is 186 Å². The Morgan fingerprint density at radius 1 is 1.42 bits per heavy atom. The standard InChI is InChI=1S/C23H26N4O3S/c1-3-17(30-4-2)7-8-21(28)26-23-19(13-24)18-9-11-27(15-20(18)31-23)22(29)12-16-6-5-10-25-14-16/h3,5-6,10,14H,4,7-9,11-12,15H2,1-2H3,(H,26,28)/b17-3-. The Bertz CT molecular complexity index is 1010. The molecule has 3 heterocycles. The van der Waals surface area contributed by atoms with Crippen molar-refractivity contribution >= 4 is 28.2 Å². The van der Waals surface area contributed by atoms with E-state index >= 15 is 0 Å². The molecule has 1 aliphatic heterocycles. The molecule has 0 atom stereocenters. The van der Waals surface area contributed by atoms with Gasteiger partial charge in [0, 0.05) is 36.7 Å². The Morgan fingerprint density at radius 3 is 2.94 bits per heavy atom. The Morgan fingerprint density at radius 2 is 2.26 bits per heavy atom. The van der Waals surface area contributed by atoms with E-state index in [1.54, 1.807) is 17.3 Å². The second-order valence-corrected chi connectivity index (χ2v) is 8.26. The van der Waals surface area contributed by atoms with Crippen LogP contribution < -0.4 is 5.32 Å². The summed E-state index contributed by atoms with van der Waals surface area (Å²) in [5.41, 5.74) is 2.34. The Hall–Kier alpha value is -3.18. The summed E-state index contributed by atoms with van der Waals surface area (Å²) < 4.78 is 5.47. The molecular formula is C23H26N4O3S. The first-order valence-electron chi connectivity index (χ1n) is 10.3. The van der Waals surface area contributed by atoms with Gasteiger partial charge in [-0.05, 0) is 43.5 Å². The van der Waals surface area contributed by atoms with Gasteiger partial charge in [0.15, 0.2) is 0 Å². The molecule has 2 amide bonds. The first-order chi connectivity index (χ1) is 15.0. The van der Waals surface area contributed by atoms with Crippen LogP contribution in [0.1, 0.15) is 48.3 Å². The summed E-state index contributed by atoms with van der Waals surface area (Å²) in [5, 5.41) is 13.1. The fourth-order valence-electron chi connectivity index (χ4n) is 3.52. The van der Waals surface area contributed by atoms with Gasteiger partial charge in [-0.15, -0.1) is 11.3 Å². The molecule has 1 N–H and O–H groups in total. The SMILES string of the molecule is C/C=C(/CCC(=O)Nc1sc2c(c1C#N)CCN(C(=O)Cc1cccnc1)C2)OCC. The number of aromatic nitrogens is 1. The van der Waals surface area contributed by atoms with Crippen LogP contribution in [-0.2, 0) is 33.7 Å². The predicted octanol–water partition coefficient (Wildman–Crippen LogP) is 3.80. The molecule has 0 aromatic carbocycles. The number of hydrogen-bond donors (Lipinski definition) is 1. The maximum Gasteiger partial charge on any atom is 0.227 e. The first kappa shape index (κ1) is 22.5. The highest BCUT2D eigenvalue weighted by atomic mass is 32.1. The van der Waals surface area contributed by atoms with Gasteiger partial charge in [0.2, 0.25) is 11.8 Å². The predicted molar refractivity (Wildman–Crippen MR) is 119 cm³/mol. The van der Waals surface area contributed by atoms with Gasteiger partial charge in [-0.1, -0.05) is 6.07 Å². The van der Waals surface area contributed by atoms with Crippen LogP contribution in [0.15, 0.2) is 36.4 Å². The highest BCUT2D eigenvalue weighted by Gasteiger charge is 2.27. The number of anilines is 1. The van der Waals surface area contributed by atoms with Crippen LogP contribution >= 0.6 is 11.3 Å². The topological polar surface area (TPSA) is 95.3 Å². The number of pyridine rings is 1. The maximum absolute atomic E-state index is 12.7. The van der Waals surface area contributed by atoms with E-state index in [0.717, 1.165) is 21.8 Å². The third kappa shape index (κ3) is 5.70. The van der Waals surface area contributed by atoms with Gasteiger partial charge in [-0.25, -0.2) is 0 Å². The van der Waals surface area contributed by atoms with Crippen molar-refractivity contribution in [1.82, 2.24) is 9.88 Å². The molecule has 8 heteroatoms. The Kier molecular flexibility index (Phi) is 7.79. The lowest BCUT2D eigenvalue weighted by atomic mass is 10.0. The van der Waals surface area contributed by atoms with Crippen molar-refractivity contribution in [1.29, 1.82) is 5.26 Å². The number of amides is 2. The third-order valence-corrected chi connectivity index (χ3v) is 6.23. The molecular weight excluding hydrogens is 412 g/mol. The second-order valence-electron chi connectivity index (χ2n) is 7.16. The van der Waals surface area contributed by atoms with E-state index in [1.807, 2.05) is 32.1 Å². The molecule has 0 aliphatic carbocycles. The molecule has 0 spiro atoms. The average Bonchev–Trinajstić information content (AvgIpc) is 3.13. The number of nitriles is 1. The van der Waals surface area contributed by atoms with E-state index in [1.165, 1.54) is 11.3 Å². The van der Waals surface area contributed by atoms with Crippen LogP contribution in [0.3, 0.4) is 0 Å². The molecule has 7 nitrogen and oxygen atoms in total. The molecule has 0 bridgehead atoms. The maximum atomic E-state index is 12.7. The van der Waals surface area contributed by atoms with Crippen molar-refractivity contribution in [3.05, 3.63) is 57.9 Å². The number of carbonyl (C=O) groups excluding carboxylic acids is 2. The zero-order chi connectivity index (χ0) is 22.2. The van der Waals surface area contributed by atoms with Crippen LogP contribution in [0.5, 0.6) is 0 Å². The quantitative estimate of drug-likeness (QED) is 0.633. The second kappa shape index (κ2) is 10.7. The molecule has 3 rings (SSSR count). The number of thiophene rings is 1. The lowest BCUT2D eigenvalue weighted by Gasteiger charge is -2.27. The van der Waals surface area contributed by atoms with Crippen molar-refractivity contribution in [3.8, 4) is 6.07 Å². The van der Waals surface area contributed by atoms with Gasteiger partial charge in [-0.3, -0.25) is 14.6 Å². The van der Waals surface area contributed by atoms with Gasteiger partial charge in [0.1, 0.15) is 11.1 Å². The highest BCUT2D eigenvalue weighted by Crippen LogP contribution is 2.37. The number of rotatable bonds is 8. The Balaban J connectivity index is 1.65. The van der Waals surface area contributed by atoms with Crippen LogP contribution in [0, 0.1) is 11.3 Å². The summed E-state index contributed by atoms with van der Waals surface area (Å²) >= 11 is 1.39. The minimum absolute atomic E-state index is 0.0333. The van der Waals surface area contributed by atoms with Crippen molar-refractivity contribution in [2.75, 3.05) is 18.5 Å². The number of ether oxygens (including phenoxy) is 1. The van der Waals surface area contributed by atoms with E-state index in [2.05, 4.69) is 16.4 Å². The van der Waals surface area contributed by atoms with Crippen molar-refractivity contribution in [2.24, 2.45) is 0 Å². The van der Waals surface area contributed by atoms with Crippen molar-refractivity contribution in [2.45, 2.75) is 46.1 Å². The van der Waals surface area contributed by atoms with Crippen LogP contribution in [0.2, 0.25) is 0 Å². The molecule has 0 unspecified atom stereocenters. The van der Waals surface area contributed by atoms with Gasteiger partial charge in [-0.2, -0.15) is 5.26 Å². The van der Waals surface area contributed by atoms with Crippen LogP contribution in [0.25, 0.3) is 0 Å². The van der Waals surface area contributed by atoms with Gasteiger partial charge in [0.05, 0.1) is 30.9 Å². The first-order valence-corrected chi connectivity index (χ1v) is 11.2. The fourth-order valence-corrected chi connectivity index (χ4v) is 4.75. The van der Waals surface area contributed by atoms with E-state index < -0.39 is 0 Å². The smallest absolute Gasteiger partial charge is 0.227 e. The van der Waals surface area contributed by atoms with E-state index in [4.69, 9.17) is 4.74 Å². The number of hydrogen-bond acceptors (Lipinski definition) is 6. The third-order valence-electron chi connectivity index (χ3n) is 5.10. The molecule has 0 radical (unpaired) electrons. The summed E-state index contributed by atoms with van der Waals surface area (Å²) in [6.45, 7) is 5.36. The zero-order valence-corrected chi connectivity index (χ0v) is 18.6. The average molecular weight is 439 g/mol. The van der Waals surface area contributed by atoms with E-state index in [9.17, 15) is 14.9 Å². The summed E-state index contributed by atoms with van der Waals surface area (Å²) in [5.74, 6) is 0.663. The minimum Gasteiger partial charge on any atom is -0.499 e. The summed E-state index contributed by atoms with van der Waals surface area (Å²) in [7, 11) is 0.